The smallest absolute Gasteiger partial charge is 0.251 e. The fourth-order valence-corrected chi connectivity index (χ4v) is 4.52. The quantitative estimate of drug-likeness (QED) is 0.622. The molecule has 1 aliphatic rings. The number of nitrogens with one attached hydrogen (secondary N) is 1. The van der Waals surface area contributed by atoms with E-state index in [1.165, 1.54) is 5.56 Å². The molecule has 32 heavy (non-hydrogen) atoms. The van der Waals surface area contributed by atoms with Crippen molar-refractivity contribution in [2.24, 2.45) is 0 Å². The van der Waals surface area contributed by atoms with Crippen molar-refractivity contribution in [2.75, 3.05) is 26.2 Å². The molecule has 0 bridgehead atoms. The molecule has 0 saturated carbocycles. The second-order valence-electron chi connectivity index (χ2n) is 8.87. The van der Waals surface area contributed by atoms with Crippen LogP contribution in [0.2, 0.25) is 0 Å². The predicted octanol–water partition coefficient (Wildman–Crippen LogP) is 3.53. The predicted molar refractivity (Wildman–Crippen MR) is 127 cm³/mol. The van der Waals surface area contributed by atoms with Crippen molar-refractivity contribution in [3.05, 3.63) is 82.4 Å². The molecule has 6 heteroatoms. The van der Waals surface area contributed by atoms with E-state index in [9.17, 15) is 4.79 Å². The van der Waals surface area contributed by atoms with Crippen LogP contribution in [0.1, 0.15) is 51.5 Å². The molecule has 6 nitrogen and oxygen atoms in total. The molecule has 1 aliphatic heterocycles. The van der Waals surface area contributed by atoms with Crippen molar-refractivity contribution in [1.82, 2.24) is 25.0 Å². The molecule has 1 N–H and O–H groups in total. The molecule has 1 atom stereocenters. The molecule has 1 aromatic heterocycles. The van der Waals surface area contributed by atoms with Crippen LogP contribution in [-0.2, 0) is 19.4 Å². The fourth-order valence-electron chi connectivity index (χ4n) is 4.52. The Morgan fingerprint density at radius 3 is 2.66 bits per heavy atom. The molecule has 0 saturated heterocycles. The van der Waals surface area contributed by atoms with E-state index in [1.54, 1.807) is 0 Å². The number of rotatable bonds is 7. The maximum Gasteiger partial charge on any atom is 0.251 e. The Balaban J connectivity index is 1.31. The second kappa shape index (κ2) is 10.1. The van der Waals surface area contributed by atoms with Gasteiger partial charge in [-0.25, -0.2) is 0 Å². The molecule has 0 aliphatic carbocycles. The Morgan fingerprint density at radius 1 is 1.06 bits per heavy atom. The molecule has 2 aromatic carbocycles. The first-order valence-corrected chi connectivity index (χ1v) is 11.5. The van der Waals surface area contributed by atoms with Gasteiger partial charge in [0.15, 0.2) is 0 Å². The third-order valence-corrected chi connectivity index (χ3v) is 6.36. The first-order chi connectivity index (χ1) is 15.5. The Kier molecular flexibility index (Phi) is 7.00. The standard InChI is InChI=1S/C26H33N5O/c1-19-9-10-23(20(2)17-19)26(32)27-13-11-24-28-29-25-12-14-30(15-16-31(24)25)18-21(3)22-7-5-4-6-8-22/h4-10,17,21H,11-16,18H2,1-3H3,(H,27,32)/t21-/m1/s1. The van der Waals surface area contributed by atoms with Crippen LogP contribution in [0.5, 0.6) is 0 Å². The van der Waals surface area contributed by atoms with E-state index in [0.29, 0.717) is 18.9 Å². The van der Waals surface area contributed by atoms with Gasteiger partial charge in [-0.05, 0) is 37.0 Å². The van der Waals surface area contributed by atoms with Crippen LogP contribution < -0.4 is 5.32 Å². The zero-order valence-corrected chi connectivity index (χ0v) is 19.3. The molecule has 0 unspecified atom stereocenters. The minimum Gasteiger partial charge on any atom is -0.352 e. The van der Waals surface area contributed by atoms with Crippen molar-refractivity contribution in [3.8, 4) is 0 Å². The highest BCUT2D eigenvalue weighted by Gasteiger charge is 2.20. The number of aryl methyl sites for hydroxylation is 2. The van der Waals surface area contributed by atoms with Gasteiger partial charge in [0.2, 0.25) is 0 Å². The van der Waals surface area contributed by atoms with E-state index >= 15 is 0 Å². The largest absolute Gasteiger partial charge is 0.352 e. The Labute approximate surface area is 190 Å². The van der Waals surface area contributed by atoms with E-state index in [-0.39, 0.29) is 5.91 Å². The van der Waals surface area contributed by atoms with Gasteiger partial charge in [-0.2, -0.15) is 0 Å². The van der Waals surface area contributed by atoms with Crippen molar-refractivity contribution in [3.63, 3.8) is 0 Å². The van der Waals surface area contributed by atoms with Crippen molar-refractivity contribution in [2.45, 2.75) is 46.1 Å². The maximum atomic E-state index is 12.6. The first kappa shape index (κ1) is 22.2. The van der Waals surface area contributed by atoms with Crippen LogP contribution in [0.25, 0.3) is 0 Å². The lowest BCUT2D eigenvalue weighted by molar-refractivity contribution is 0.0953. The van der Waals surface area contributed by atoms with E-state index < -0.39 is 0 Å². The van der Waals surface area contributed by atoms with Gasteiger partial charge >= 0.3 is 0 Å². The SMILES string of the molecule is Cc1ccc(C(=O)NCCc2nnc3n2CCN(C[C@@H](C)c2ccccc2)CC3)c(C)c1. The summed E-state index contributed by atoms with van der Waals surface area (Å²) in [6, 6.07) is 16.6. The molecule has 1 amide bonds. The van der Waals surface area contributed by atoms with E-state index in [0.717, 1.165) is 60.9 Å². The lowest BCUT2D eigenvalue weighted by atomic mass is 10.0. The van der Waals surface area contributed by atoms with Crippen molar-refractivity contribution >= 4 is 5.91 Å². The van der Waals surface area contributed by atoms with Crippen LogP contribution in [0.3, 0.4) is 0 Å². The highest BCUT2D eigenvalue weighted by molar-refractivity contribution is 5.95. The number of carbonyl (C=O) groups is 1. The third-order valence-electron chi connectivity index (χ3n) is 6.36. The van der Waals surface area contributed by atoms with Gasteiger partial charge in [0, 0.05) is 51.1 Å². The van der Waals surface area contributed by atoms with Gasteiger partial charge < -0.3 is 14.8 Å². The summed E-state index contributed by atoms with van der Waals surface area (Å²) in [7, 11) is 0. The van der Waals surface area contributed by atoms with Crippen LogP contribution >= 0.6 is 0 Å². The van der Waals surface area contributed by atoms with E-state index in [2.05, 4.69) is 62.2 Å². The van der Waals surface area contributed by atoms with E-state index in [1.807, 2.05) is 32.0 Å². The maximum absolute atomic E-state index is 12.6. The zero-order valence-electron chi connectivity index (χ0n) is 19.3. The number of carbonyl (C=O) groups excluding carboxylic acids is 1. The molecule has 3 aromatic rings. The second-order valence-corrected chi connectivity index (χ2v) is 8.87. The number of aromatic nitrogens is 3. The summed E-state index contributed by atoms with van der Waals surface area (Å²) in [5.41, 5.74) is 4.29. The molecule has 0 radical (unpaired) electrons. The summed E-state index contributed by atoms with van der Waals surface area (Å²) in [4.78, 5) is 15.1. The lowest BCUT2D eigenvalue weighted by Crippen LogP contribution is -2.31. The molecule has 2 heterocycles. The average Bonchev–Trinajstić information content (AvgIpc) is 3.06. The number of hydrogen-bond donors (Lipinski definition) is 1. The van der Waals surface area contributed by atoms with Gasteiger partial charge in [0.05, 0.1) is 0 Å². The van der Waals surface area contributed by atoms with Crippen LogP contribution in [0.15, 0.2) is 48.5 Å². The van der Waals surface area contributed by atoms with Gasteiger partial charge in [-0.3, -0.25) is 4.79 Å². The van der Waals surface area contributed by atoms with Crippen LogP contribution in [0, 0.1) is 13.8 Å². The van der Waals surface area contributed by atoms with Crippen LogP contribution in [0.4, 0.5) is 0 Å². The zero-order chi connectivity index (χ0) is 22.5. The minimum atomic E-state index is -0.0285. The van der Waals surface area contributed by atoms with Gasteiger partial charge in [0.25, 0.3) is 5.91 Å². The monoisotopic (exact) mass is 431 g/mol. The Hall–Kier alpha value is -2.99. The molecular formula is C26H33N5O. The summed E-state index contributed by atoms with van der Waals surface area (Å²) >= 11 is 0. The minimum absolute atomic E-state index is 0.0285. The summed E-state index contributed by atoms with van der Waals surface area (Å²) in [5, 5.41) is 11.9. The molecule has 0 fully saturated rings. The molecule has 168 valence electrons. The normalized spacial score (nSPS) is 15.1. The number of hydrogen-bond acceptors (Lipinski definition) is 4. The van der Waals surface area contributed by atoms with Crippen molar-refractivity contribution < 1.29 is 4.79 Å². The van der Waals surface area contributed by atoms with Gasteiger partial charge in [0.1, 0.15) is 11.6 Å². The summed E-state index contributed by atoms with van der Waals surface area (Å²) in [6.07, 6.45) is 1.59. The summed E-state index contributed by atoms with van der Waals surface area (Å²) < 4.78 is 2.25. The summed E-state index contributed by atoms with van der Waals surface area (Å²) in [5.74, 6) is 2.48. The highest BCUT2D eigenvalue weighted by Crippen LogP contribution is 2.18. The van der Waals surface area contributed by atoms with Gasteiger partial charge in [-0.1, -0.05) is 55.0 Å². The number of fused-ring (bicyclic) bond motifs is 1. The molecule has 0 spiro atoms. The fraction of sp³-hybridized carbons (Fsp3) is 0.423. The Morgan fingerprint density at radius 2 is 1.88 bits per heavy atom. The molecule has 4 rings (SSSR count). The number of nitrogens with zero attached hydrogens (tertiary/aromatic N) is 4. The topological polar surface area (TPSA) is 63.1 Å². The first-order valence-electron chi connectivity index (χ1n) is 11.5. The Bertz CT molecular complexity index is 1060. The highest BCUT2D eigenvalue weighted by atomic mass is 16.1. The average molecular weight is 432 g/mol. The molecular weight excluding hydrogens is 398 g/mol. The van der Waals surface area contributed by atoms with Crippen LogP contribution in [-0.4, -0.2) is 51.8 Å². The number of benzene rings is 2. The van der Waals surface area contributed by atoms with Crippen molar-refractivity contribution in [1.29, 1.82) is 0 Å². The lowest BCUT2D eigenvalue weighted by Gasteiger charge is -2.24. The van der Waals surface area contributed by atoms with Gasteiger partial charge in [-0.15, -0.1) is 10.2 Å². The third kappa shape index (κ3) is 5.25. The number of amides is 1. The summed E-state index contributed by atoms with van der Waals surface area (Å²) in [6.45, 7) is 10.8. The van der Waals surface area contributed by atoms with E-state index in [4.69, 9.17) is 0 Å².